The molecular weight excluding hydrogens is 362 g/mol. The molecule has 2 aromatic carbocycles. The lowest BCUT2D eigenvalue weighted by atomic mass is 10.1. The van der Waals surface area contributed by atoms with Gasteiger partial charge in [-0.15, -0.1) is 0 Å². The summed E-state index contributed by atoms with van der Waals surface area (Å²) in [5, 5.41) is 3.95. The highest BCUT2D eigenvalue weighted by atomic mass is 35.5. The van der Waals surface area contributed by atoms with Gasteiger partial charge in [-0.3, -0.25) is 14.2 Å². The lowest BCUT2D eigenvalue weighted by Gasteiger charge is -2.14. The van der Waals surface area contributed by atoms with Gasteiger partial charge in [0.05, 0.1) is 17.4 Å². The Morgan fingerprint density at radius 1 is 1.15 bits per heavy atom. The average molecular weight is 384 g/mol. The van der Waals surface area contributed by atoms with E-state index in [1.165, 1.54) is 0 Å². The topological polar surface area (TPSA) is 64.0 Å². The summed E-state index contributed by atoms with van der Waals surface area (Å²) in [6.45, 7) is 4.28. The van der Waals surface area contributed by atoms with Crippen LogP contribution in [0.4, 0.5) is 5.69 Å². The number of amides is 1. The number of aryl methyl sites for hydroxylation is 1. The van der Waals surface area contributed by atoms with Crippen molar-refractivity contribution in [2.75, 3.05) is 5.32 Å². The zero-order valence-electron chi connectivity index (χ0n) is 15.5. The van der Waals surface area contributed by atoms with Crippen LogP contribution in [0.3, 0.4) is 0 Å². The van der Waals surface area contributed by atoms with E-state index in [4.69, 9.17) is 16.6 Å². The summed E-state index contributed by atoms with van der Waals surface area (Å²) in [5.74, 6) is 0.668. The molecule has 3 rings (SSSR count). The third kappa shape index (κ3) is 4.37. The van der Waals surface area contributed by atoms with Gasteiger partial charge in [0.25, 0.3) is 5.56 Å². The van der Waals surface area contributed by atoms with Crippen LogP contribution in [-0.2, 0) is 17.8 Å². The number of aromatic nitrogens is 2. The van der Waals surface area contributed by atoms with Crippen molar-refractivity contribution in [2.24, 2.45) is 0 Å². The van der Waals surface area contributed by atoms with Crippen molar-refractivity contribution in [1.82, 2.24) is 9.55 Å². The average Bonchev–Trinajstić information content (AvgIpc) is 2.67. The Morgan fingerprint density at radius 3 is 2.56 bits per heavy atom. The maximum Gasteiger partial charge on any atom is 0.261 e. The summed E-state index contributed by atoms with van der Waals surface area (Å²) in [7, 11) is 0. The number of carbonyl (C=O) groups is 1. The van der Waals surface area contributed by atoms with E-state index in [9.17, 15) is 9.59 Å². The molecule has 0 unspecified atom stereocenters. The second-order valence-corrected chi connectivity index (χ2v) is 6.87. The normalized spacial score (nSPS) is 10.9. The fourth-order valence-electron chi connectivity index (χ4n) is 2.94. The lowest BCUT2D eigenvalue weighted by molar-refractivity contribution is -0.115. The Kier molecular flexibility index (Phi) is 5.91. The summed E-state index contributed by atoms with van der Waals surface area (Å²) in [5.41, 5.74) is 2.13. The van der Waals surface area contributed by atoms with Crippen LogP contribution in [0, 0.1) is 0 Å². The summed E-state index contributed by atoms with van der Waals surface area (Å²) < 4.78 is 1.71. The number of anilines is 1. The van der Waals surface area contributed by atoms with Crippen LogP contribution in [-0.4, -0.2) is 15.5 Å². The molecule has 140 valence electrons. The van der Waals surface area contributed by atoms with E-state index in [2.05, 4.69) is 12.2 Å². The first-order chi connectivity index (χ1) is 13.0. The summed E-state index contributed by atoms with van der Waals surface area (Å²) in [4.78, 5) is 29.5. The molecule has 0 saturated carbocycles. The maximum absolute atomic E-state index is 13.2. The van der Waals surface area contributed by atoms with Crippen molar-refractivity contribution in [3.05, 3.63) is 69.2 Å². The number of hydrogen-bond donors (Lipinski definition) is 1. The second-order valence-electron chi connectivity index (χ2n) is 6.43. The van der Waals surface area contributed by atoms with Gasteiger partial charge in [0.15, 0.2) is 0 Å². The van der Waals surface area contributed by atoms with Crippen molar-refractivity contribution in [3.8, 4) is 0 Å². The Balaban J connectivity index is 2.09. The summed E-state index contributed by atoms with van der Waals surface area (Å²) in [6, 6.07) is 12.7. The molecule has 0 aliphatic carbocycles. The smallest absolute Gasteiger partial charge is 0.261 e. The number of carbonyl (C=O) groups excluding carboxylic acids is 1. The molecule has 0 bridgehead atoms. The fourth-order valence-corrected chi connectivity index (χ4v) is 3.07. The molecule has 1 aromatic heterocycles. The van der Waals surface area contributed by atoms with Gasteiger partial charge in [-0.05, 0) is 42.3 Å². The molecule has 1 N–H and O–H groups in total. The van der Waals surface area contributed by atoms with Gasteiger partial charge in [-0.25, -0.2) is 4.98 Å². The Morgan fingerprint density at radius 2 is 1.89 bits per heavy atom. The molecule has 3 aromatic rings. The third-order valence-corrected chi connectivity index (χ3v) is 4.62. The standard InChI is InChI=1S/C21H22ClN3O2/c1-3-5-19-24-18-11-10-16(23-20(26)4-2)12-17(18)21(27)25(19)13-14-6-8-15(22)9-7-14/h6-12H,3-5,13H2,1-2H3,(H,23,26). The van der Waals surface area contributed by atoms with Gasteiger partial charge >= 0.3 is 0 Å². The molecule has 0 aliphatic heterocycles. The van der Waals surface area contributed by atoms with Crippen LogP contribution in [0.2, 0.25) is 5.02 Å². The zero-order chi connectivity index (χ0) is 19.4. The highest BCUT2D eigenvalue weighted by Crippen LogP contribution is 2.17. The highest BCUT2D eigenvalue weighted by molar-refractivity contribution is 6.30. The first-order valence-electron chi connectivity index (χ1n) is 9.09. The molecule has 5 nitrogen and oxygen atoms in total. The first kappa shape index (κ1) is 19.1. The van der Waals surface area contributed by atoms with Crippen molar-refractivity contribution in [1.29, 1.82) is 0 Å². The number of benzene rings is 2. The third-order valence-electron chi connectivity index (χ3n) is 4.37. The summed E-state index contributed by atoms with van der Waals surface area (Å²) in [6.07, 6.45) is 1.99. The molecule has 0 radical (unpaired) electrons. The number of halogens is 1. The largest absolute Gasteiger partial charge is 0.326 e. The van der Waals surface area contributed by atoms with Crippen LogP contribution in [0.1, 0.15) is 38.1 Å². The minimum Gasteiger partial charge on any atom is -0.326 e. The molecule has 0 atom stereocenters. The van der Waals surface area contributed by atoms with E-state index >= 15 is 0 Å². The van der Waals surface area contributed by atoms with Gasteiger partial charge in [0, 0.05) is 23.6 Å². The molecule has 1 amide bonds. The predicted molar refractivity (Wildman–Crippen MR) is 109 cm³/mol. The van der Waals surface area contributed by atoms with Crippen LogP contribution in [0.15, 0.2) is 47.3 Å². The highest BCUT2D eigenvalue weighted by Gasteiger charge is 2.12. The van der Waals surface area contributed by atoms with Gasteiger partial charge in [-0.2, -0.15) is 0 Å². The van der Waals surface area contributed by atoms with E-state index in [0.29, 0.717) is 41.0 Å². The Bertz CT molecular complexity index is 1030. The molecule has 1 heterocycles. The number of hydrogen-bond acceptors (Lipinski definition) is 3. The van der Waals surface area contributed by atoms with Crippen molar-refractivity contribution in [3.63, 3.8) is 0 Å². The van der Waals surface area contributed by atoms with Crippen molar-refractivity contribution < 1.29 is 4.79 Å². The minimum absolute atomic E-state index is 0.0913. The van der Waals surface area contributed by atoms with E-state index in [1.807, 2.05) is 24.3 Å². The first-order valence-corrected chi connectivity index (χ1v) is 9.47. The molecule has 6 heteroatoms. The number of rotatable bonds is 6. The van der Waals surface area contributed by atoms with Gasteiger partial charge in [0.2, 0.25) is 5.91 Å². The molecule has 0 aliphatic rings. The van der Waals surface area contributed by atoms with Crippen LogP contribution in [0.25, 0.3) is 10.9 Å². The lowest BCUT2D eigenvalue weighted by Crippen LogP contribution is -2.26. The molecule has 0 spiro atoms. The van der Waals surface area contributed by atoms with Crippen molar-refractivity contribution >= 4 is 34.1 Å². The number of nitrogens with zero attached hydrogens (tertiary/aromatic N) is 2. The van der Waals surface area contributed by atoms with E-state index in [1.54, 1.807) is 29.7 Å². The molecule has 27 heavy (non-hydrogen) atoms. The number of fused-ring (bicyclic) bond motifs is 1. The van der Waals surface area contributed by atoms with Crippen LogP contribution in [0.5, 0.6) is 0 Å². The Labute approximate surface area is 163 Å². The SMILES string of the molecule is CCCc1nc2ccc(NC(=O)CC)cc2c(=O)n1Cc1ccc(Cl)cc1. The molecular formula is C21H22ClN3O2. The van der Waals surface area contributed by atoms with E-state index < -0.39 is 0 Å². The second kappa shape index (κ2) is 8.35. The van der Waals surface area contributed by atoms with Crippen molar-refractivity contribution in [2.45, 2.75) is 39.7 Å². The maximum atomic E-state index is 13.2. The van der Waals surface area contributed by atoms with Gasteiger partial charge < -0.3 is 5.32 Å². The van der Waals surface area contributed by atoms with Gasteiger partial charge in [0.1, 0.15) is 5.82 Å². The number of nitrogens with one attached hydrogen (secondary N) is 1. The Hall–Kier alpha value is -2.66. The minimum atomic E-state index is -0.106. The van der Waals surface area contributed by atoms with Crippen LogP contribution >= 0.6 is 11.6 Å². The van der Waals surface area contributed by atoms with E-state index in [0.717, 1.165) is 17.8 Å². The van der Waals surface area contributed by atoms with E-state index in [-0.39, 0.29) is 11.5 Å². The summed E-state index contributed by atoms with van der Waals surface area (Å²) >= 11 is 5.96. The molecule has 0 fully saturated rings. The van der Waals surface area contributed by atoms with Crippen LogP contribution < -0.4 is 10.9 Å². The monoisotopic (exact) mass is 383 g/mol. The van der Waals surface area contributed by atoms with Gasteiger partial charge in [-0.1, -0.05) is 37.6 Å². The molecule has 0 saturated heterocycles. The fraction of sp³-hybridized carbons (Fsp3) is 0.286. The quantitative estimate of drug-likeness (QED) is 0.686. The predicted octanol–water partition coefficient (Wildman–Crippen LogP) is 4.40. The zero-order valence-corrected chi connectivity index (χ0v) is 16.2.